The summed E-state index contributed by atoms with van der Waals surface area (Å²) in [7, 11) is 0. The Kier molecular flexibility index (Phi) is 4.19. The lowest BCUT2D eigenvalue weighted by atomic mass is 9.57. The highest BCUT2D eigenvalue weighted by Crippen LogP contribution is 2.67. The molecular formula is C28H22ClN3O3. The SMILES string of the molecule is O=C(c1ccccc1)[C@@H]1[C@@H]2CCCN2[C@]2(C(=O)Nc3ccc(Cl)cc32)[C@@]12C(=O)Nc1ccccc12. The van der Waals surface area contributed by atoms with E-state index in [0.29, 0.717) is 39.6 Å². The number of nitrogens with one attached hydrogen (secondary N) is 2. The molecule has 35 heavy (non-hydrogen) atoms. The molecule has 0 aromatic heterocycles. The number of rotatable bonds is 2. The van der Waals surface area contributed by atoms with Crippen LogP contribution in [0.15, 0.2) is 72.8 Å². The molecule has 7 heteroatoms. The standard InChI is InChI=1S/C28H22ClN3O3/c29-17-12-13-21-19(15-17)28(26(35)31-21)27(18-9-4-5-10-20(18)30-25(27)34)23(22-11-6-14-32(22)28)24(33)16-7-2-1-3-8-16/h1-5,7-10,12-13,15,22-23H,6,11,14H2,(H,30,34)(H,31,35)/t22-,23-,27+,28+/m0/s1. The van der Waals surface area contributed by atoms with Crippen molar-refractivity contribution in [2.75, 3.05) is 17.2 Å². The van der Waals surface area contributed by atoms with Crippen molar-refractivity contribution in [1.82, 2.24) is 4.90 Å². The van der Waals surface area contributed by atoms with Crippen molar-refractivity contribution in [2.24, 2.45) is 5.92 Å². The van der Waals surface area contributed by atoms with Crippen molar-refractivity contribution >= 4 is 40.6 Å². The first-order valence-electron chi connectivity index (χ1n) is 11.9. The summed E-state index contributed by atoms with van der Waals surface area (Å²) < 4.78 is 0. The van der Waals surface area contributed by atoms with Gasteiger partial charge in [-0.05, 0) is 49.2 Å². The first kappa shape index (κ1) is 20.9. The molecule has 0 radical (unpaired) electrons. The van der Waals surface area contributed by atoms with Gasteiger partial charge in [0.05, 0.1) is 5.92 Å². The Hall–Kier alpha value is -3.48. The summed E-state index contributed by atoms with van der Waals surface area (Å²) in [5.74, 6) is -1.46. The quantitative estimate of drug-likeness (QED) is 0.531. The van der Waals surface area contributed by atoms with E-state index in [-0.39, 0.29) is 23.6 Å². The number of Topliss-reactive ketones (excluding diaryl/α,β-unsaturated/α-hetero) is 1. The van der Waals surface area contributed by atoms with E-state index in [1.54, 1.807) is 30.3 Å². The second kappa shape index (κ2) is 7.03. The Balaban J connectivity index is 1.61. The zero-order valence-electron chi connectivity index (χ0n) is 18.8. The van der Waals surface area contributed by atoms with Crippen LogP contribution in [0.4, 0.5) is 11.4 Å². The van der Waals surface area contributed by atoms with Gasteiger partial charge in [0.15, 0.2) is 5.78 Å². The summed E-state index contributed by atoms with van der Waals surface area (Å²) in [4.78, 5) is 45.1. The van der Waals surface area contributed by atoms with E-state index >= 15 is 0 Å². The van der Waals surface area contributed by atoms with Crippen LogP contribution in [0.3, 0.4) is 0 Å². The van der Waals surface area contributed by atoms with Gasteiger partial charge in [-0.3, -0.25) is 19.3 Å². The highest BCUT2D eigenvalue weighted by molar-refractivity contribution is 6.31. The number of carbonyl (C=O) groups is 3. The molecule has 4 aliphatic heterocycles. The van der Waals surface area contributed by atoms with Gasteiger partial charge in [0, 0.05) is 33.6 Å². The fourth-order valence-electron chi connectivity index (χ4n) is 7.33. The molecule has 174 valence electrons. The molecule has 7 rings (SSSR count). The molecule has 3 aromatic carbocycles. The molecule has 0 aliphatic carbocycles. The highest BCUT2D eigenvalue weighted by atomic mass is 35.5. The normalized spacial score (nSPS) is 30.3. The van der Waals surface area contributed by atoms with Crippen molar-refractivity contribution in [1.29, 1.82) is 0 Å². The van der Waals surface area contributed by atoms with Gasteiger partial charge in [-0.15, -0.1) is 0 Å². The number of carbonyl (C=O) groups excluding carboxylic acids is 3. The molecule has 2 saturated heterocycles. The number of nitrogens with zero attached hydrogens (tertiary/aromatic N) is 1. The first-order chi connectivity index (χ1) is 17.0. The predicted octanol–water partition coefficient (Wildman–Crippen LogP) is 4.35. The van der Waals surface area contributed by atoms with Gasteiger partial charge in [0.1, 0.15) is 11.0 Å². The smallest absolute Gasteiger partial charge is 0.251 e. The zero-order chi connectivity index (χ0) is 23.9. The van der Waals surface area contributed by atoms with E-state index in [4.69, 9.17) is 11.6 Å². The Morgan fingerprint density at radius 3 is 2.43 bits per heavy atom. The average Bonchev–Trinajstić information content (AvgIpc) is 3.58. The summed E-state index contributed by atoms with van der Waals surface area (Å²) >= 11 is 6.48. The largest absolute Gasteiger partial charge is 0.325 e. The lowest BCUT2D eigenvalue weighted by Crippen LogP contribution is -2.62. The van der Waals surface area contributed by atoms with Gasteiger partial charge in [-0.2, -0.15) is 0 Å². The van der Waals surface area contributed by atoms with Crippen molar-refractivity contribution < 1.29 is 14.4 Å². The van der Waals surface area contributed by atoms with Crippen LogP contribution in [0, 0.1) is 5.92 Å². The summed E-state index contributed by atoms with van der Waals surface area (Å²) in [6.45, 7) is 0.611. The lowest BCUT2D eigenvalue weighted by Gasteiger charge is -2.43. The third-order valence-corrected chi connectivity index (χ3v) is 8.63. The van der Waals surface area contributed by atoms with Crippen LogP contribution in [0.2, 0.25) is 5.02 Å². The summed E-state index contributed by atoms with van der Waals surface area (Å²) in [6, 6.07) is 21.6. The predicted molar refractivity (Wildman–Crippen MR) is 132 cm³/mol. The monoisotopic (exact) mass is 483 g/mol. The van der Waals surface area contributed by atoms with Gasteiger partial charge in [0.2, 0.25) is 5.91 Å². The molecule has 6 nitrogen and oxygen atoms in total. The Labute approximate surface area is 207 Å². The number of para-hydroxylation sites is 1. The van der Waals surface area contributed by atoms with Crippen LogP contribution in [-0.4, -0.2) is 35.1 Å². The van der Waals surface area contributed by atoms with Crippen LogP contribution in [0.5, 0.6) is 0 Å². The third-order valence-electron chi connectivity index (χ3n) is 8.40. The zero-order valence-corrected chi connectivity index (χ0v) is 19.5. The van der Waals surface area contributed by atoms with E-state index < -0.39 is 16.9 Å². The molecule has 0 unspecified atom stereocenters. The molecule has 2 spiro atoms. The van der Waals surface area contributed by atoms with Gasteiger partial charge in [-0.25, -0.2) is 0 Å². The van der Waals surface area contributed by atoms with Crippen molar-refractivity contribution in [3.63, 3.8) is 0 Å². The number of amides is 2. The highest BCUT2D eigenvalue weighted by Gasteiger charge is 2.81. The topological polar surface area (TPSA) is 78.5 Å². The minimum Gasteiger partial charge on any atom is -0.325 e. The fourth-order valence-corrected chi connectivity index (χ4v) is 7.50. The lowest BCUT2D eigenvalue weighted by molar-refractivity contribution is -0.137. The number of hydrogen-bond acceptors (Lipinski definition) is 4. The molecule has 4 heterocycles. The first-order valence-corrected chi connectivity index (χ1v) is 12.3. The maximum absolute atomic E-state index is 14.4. The molecule has 2 amide bonds. The van der Waals surface area contributed by atoms with Crippen molar-refractivity contribution in [3.8, 4) is 0 Å². The van der Waals surface area contributed by atoms with Gasteiger partial charge >= 0.3 is 0 Å². The molecular weight excluding hydrogens is 462 g/mol. The van der Waals surface area contributed by atoms with E-state index in [1.165, 1.54) is 0 Å². The van der Waals surface area contributed by atoms with Crippen LogP contribution >= 0.6 is 11.6 Å². The van der Waals surface area contributed by atoms with E-state index in [9.17, 15) is 14.4 Å². The second-order valence-corrected chi connectivity index (χ2v) is 10.2. The minimum atomic E-state index is -1.44. The number of hydrogen-bond donors (Lipinski definition) is 2. The van der Waals surface area contributed by atoms with Gasteiger partial charge in [0.25, 0.3) is 5.91 Å². The number of fused-ring (bicyclic) bond motifs is 7. The fraction of sp³-hybridized carbons (Fsp3) is 0.250. The molecule has 2 fully saturated rings. The molecule has 2 N–H and O–H groups in total. The average molecular weight is 484 g/mol. The Morgan fingerprint density at radius 2 is 1.60 bits per heavy atom. The van der Waals surface area contributed by atoms with E-state index in [2.05, 4.69) is 15.5 Å². The molecule has 3 aromatic rings. The van der Waals surface area contributed by atoms with E-state index in [0.717, 1.165) is 12.8 Å². The molecule has 4 atom stereocenters. The van der Waals surface area contributed by atoms with Crippen molar-refractivity contribution in [2.45, 2.75) is 29.8 Å². The third kappa shape index (κ3) is 2.32. The number of anilines is 2. The van der Waals surface area contributed by atoms with Crippen molar-refractivity contribution in [3.05, 3.63) is 94.5 Å². The summed E-state index contributed by atoms with van der Waals surface area (Å²) in [5, 5.41) is 6.56. The number of benzene rings is 3. The Morgan fingerprint density at radius 1 is 0.886 bits per heavy atom. The van der Waals surface area contributed by atoms with Crippen LogP contribution in [-0.2, 0) is 20.5 Å². The number of ketones is 1. The number of halogens is 1. The summed E-state index contributed by atoms with van der Waals surface area (Å²) in [5.41, 5.74) is 0.347. The van der Waals surface area contributed by atoms with Crippen LogP contribution < -0.4 is 10.6 Å². The van der Waals surface area contributed by atoms with Gasteiger partial charge in [-0.1, -0.05) is 60.1 Å². The van der Waals surface area contributed by atoms with Crippen LogP contribution in [0.25, 0.3) is 0 Å². The van der Waals surface area contributed by atoms with Gasteiger partial charge < -0.3 is 10.6 Å². The minimum absolute atomic E-state index is 0.116. The summed E-state index contributed by atoms with van der Waals surface area (Å²) in [6.07, 6.45) is 1.57. The maximum Gasteiger partial charge on any atom is 0.251 e. The molecule has 4 aliphatic rings. The molecule has 0 saturated carbocycles. The molecule has 0 bridgehead atoms. The van der Waals surface area contributed by atoms with E-state index in [1.807, 2.05) is 42.5 Å². The van der Waals surface area contributed by atoms with Crippen LogP contribution in [0.1, 0.15) is 34.3 Å². The Bertz CT molecular complexity index is 1440. The second-order valence-electron chi connectivity index (χ2n) is 9.77. The maximum atomic E-state index is 14.4.